The number of hydrogen-bond donors (Lipinski definition) is 0. The Morgan fingerprint density at radius 1 is 1.07 bits per heavy atom. The largest absolute Gasteiger partial charge is 0.497 e. The zero-order chi connectivity index (χ0) is 21.7. The number of carbonyl (C=O) groups is 2. The summed E-state index contributed by atoms with van der Waals surface area (Å²) in [6, 6.07) is 13.0. The van der Waals surface area contributed by atoms with E-state index in [1.165, 1.54) is 36.1 Å². The molecule has 154 valence electrons. The van der Waals surface area contributed by atoms with E-state index in [0.29, 0.717) is 17.7 Å². The van der Waals surface area contributed by atoms with Gasteiger partial charge in [-0.05, 0) is 42.8 Å². The first-order valence-corrected chi connectivity index (χ1v) is 9.02. The molecule has 3 aromatic rings. The van der Waals surface area contributed by atoms with Gasteiger partial charge in [0, 0.05) is 6.07 Å². The van der Waals surface area contributed by atoms with Crippen LogP contribution in [0.3, 0.4) is 0 Å². The molecule has 3 rings (SSSR count). The molecule has 1 heterocycles. The van der Waals surface area contributed by atoms with E-state index in [2.05, 4.69) is 9.84 Å². The Balaban J connectivity index is 1.92. The van der Waals surface area contributed by atoms with Gasteiger partial charge in [0.15, 0.2) is 12.0 Å². The van der Waals surface area contributed by atoms with Crippen LogP contribution < -0.4 is 15.0 Å². The number of aryl methyl sites for hydroxylation is 1. The second-order valence-corrected chi connectivity index (χ2v) is 6.42. The lowest BCUT2D eigenvalue weighted by molar-refractivity contribution is 0.0600. The third kappa shape index (κ3) is 4.54. The second kappa shape index (κ2) is 9.04. The van der Waals surface area contributed by atoms with Crippen molar-refractivity contribution in [1.82, 2.24) is 9.78 Å². The quantitative estimate of drug-likeness (QED) is 0.438. The molecule has 0 unspecified atom stereocenters. The highest BCUT2D eigenvalue weighted by molar-refractivity contribution is 5.92. The van der Waals surface area contributed by atoms with Crippen LogP contribution in [0.1, 0.15) is 32.0 Å². The van der Waals surface area contributed by atoms with Crippen molar-refractivity contribution in [3.05, 3.63) is 81.3 Å². The van der Waals surface area contributed by atoms with E-state index in [0.717, 1.165) is 5.56 Å². The Kier molecular flexibility index (Phi) is 6.26. The summed E-state index contributed by atoms with van der Waals surface area (Å²) in [5.41, 5.74) is 1.29. The maximum atomic E-state index is 12.9. The van der Waals surface area contributed by atoms with Gasteiger partial charge in [-0.15, -0.1) is 0 Å². The average molecular weight is 408 g/mol. The SMILES string of the molecule is COC(=O)c1ccc(Oc2cc(C)nn(Cc3ccc(OC)cc3)c2=O)c(C=O)c1. The van der Waals surface area contributed by atoms with Gasteiger partial charge >= 0.3 is 11.5 Å². The molecular formula is C22H20N2O6. The van der Waals surface area contributed by atoms with Gasteiger partial charge < -0.3 is 14.2 Å². The molecule has 0 fully saturated rings. The molecule has 0 radical (unpaired) electrons. The van der Waals surface area contributed by atoms with E-state index in [1.807, 2.05) is 12.1 Å². The molecule has 0 aliphatic carbocycles. The molecule has 8 nitrogen and oxygen atoms in total. The first-order chi connectivity index (χ1) is 14.4. The molecule has 0 bridgehead atoms. The summed E-state index contributed by atoms with van der Waals surface area (Å²) in [4.78, 5) is 36.0. The summed E-state index contributed by atoms with van der Waals surface area (Å²) in [6.45, 7) is 1.97. The predicted molar refractivity (Wildman–Crippen MR) is 109 cm³/mol. The van der Waals surface area contributed by atoms with Gasteiger partial charge in [0.25, 0.3) is 0 Å². The molecule has 0 aliphatic heterocycles. The van der Waals surface area contributed by atoms with E-state index in [1.54, 1.807) is 26.2 Å². The van der Waals surface area contributed by atoms with E-state index >= 15 is 0 Å². The molecule has 1 aromatic heterocycles. The van der Waals surface area contributed by atoms with Gasteiger partial charge in [-0.3, -0.25) is 9.59 Å². The maximum absolute atomic E-state index is 12.9. The molecule has 0 N–H and O–H groups in total. The molecular weight excluding hydrogens is 388 g/mol. The molecule has 2 aromatic carbocycles. The first kappa shape index (κ1) is 20.8. The highest BCUT2D eigenvalue weighted by Crippen LogP contribution is 2.24. The Morgan fingerprint density at radius 2 is 1.80 bits per heavy atom. The summed E-state index contributed by atoms with van der Waals surface area (Å²) in [5, 5.41) is 4.27. The molecule has 0 amide bonds. The fourth-order valence-corrected chi connectivity index (χ4v) is 2.82. The molecule has 0 saturated carbocycles. The molecule has 0 spiro atoms. The summed E-state index contributed by atoms with van der Waals surface area (Å²) in [5.74, 6) is 0.302. The summed E-state index contributed by atoms with van der Waals surface area (Å²) >= 11 is 0. The molecule has 30 heavy (non-hydrogen) atoms. The number of esters is 1. The summed E-state index contributed by atoms with van der Waals surface area (Å²) in [6.07, 6.45) is 0.547. The number of nitrogens with zero attached hydrogens (tertiary/aromatic N) is 2. The number of aldehydes is 1. The third-order valence-corrected chi connectivity index (χ3v) is 4.33. The topological polar surface area (TPSA) is 96.7 Å². The number of benzene rings is 2. The van der Waals surface area contributed by atoms with Crippen LogP contribution in [0.4, 0.5) is 0 Å². The monoisotopic (exact) mass is 408 g/mol. The Morgan fingerprint density at radius 3 is 2.43 bits per heavy atom. The smallest absolute Gasteiger partial charge is 0.337 e. The number of ether oxygens (including phenoxy) is 3. The first-order valence-electron chi connectivity index (χ1n) is 9.02. The van der Waals surface area contributed by atoms with Crippen molar-refractivity contribution in [2.24, 2.45) is 0 Å². The van der Waals surface area contributed by atoms with Crippen LogP contribution >= 0.6 is 0 Å². The van der Waals surface area contributed by atoms with Gasteiger partial charge in [-0.1, -0.05) is 12.1 Å². The van der Waals surface area contributed by atoms with Gasteiger partial charge in [0.05, 0.1) is 37.6 Å². The van der Waals surface area contributed by atoms with Gasteiger partial charge in [0.1, 0.15) is 11.5 Å². The third-order valence-electron chi connectivity index (χ3n) is 4.33. The van der Waals surface area contributed by atoms with Crippen LogP contribution in [0.25, 0.3) is 0 Å². The lowest BCUT2D eigenvalue weighted by Crippen LogP contribution is -2.25. The van der Waals surface area contributed by atoms with Crippen molar-refractivity contribution < 1.29 is 23.8 Å². The maximum Gasteiger partial charge on any atom is 0.337 e. The minimum absolute atomic E-state index is 0.0185. The van der Waals surface area contributed by atoms with E-state index < -0.39 is 11.5 Å². The second-order valence-electron chi connectivity index (χ2n) is 6.42. The van der Waals surface area contributed by atoms with Crippen LogP contribution in [0.5, 0.6) is 17.2 Å². The minimum atomic E-state index is -0.578. The van der Waals surface area contributed by atoms with Crippen molar-refractivity contribution in [3.63, 3.8) is 0 Å². The van der Waals surface area contributed by atoms with Crippen LogP contribution in [-0.2, 0) is 11.3 Å². The van der Waals surface area contributed by atoms with Crippen LogP contribution in [0.2, 0.25) is 0 Å². The highest BCUT2D eigenvalue weighted by Gasteiger charge is 2.14. The van der Waals surface area contributed by atoms with Gasteiger partial charge in [-0.25, -0.2) is 9.48 Å². The molecule has 0 aliphatic rings. The Hall–Kier alpha value is -3.94. The fraction of sp³-hybridized carbons (Fsp3) is 0.182. The standard InChI is InChI=1S/C22H20N2O6/c1-14-10-20(30-19-9-6-16(22(27)29-3)11-17(19)13-25)21(26)24(23-14)12-15-4-7-18(28-2)8-5-15/h4-11,13H,12H2,1-3H3. The zero-order valence-electron chi connectivity index (χ0n) is 16.7. The number of carbonyl (C=O) groups excluding carboxylic acids is 2. The predicted octanol–water partition coefficient (Wildman–Crippen LogP) is 3.00. The normalized spacial score (nSPS) is 10.4. The summed E-state index contributed by atoms with van der Waals surface area (Å²) in [7, 11) is 2.83. The number of rotatable bonds is 7. The van der Waals surface area contributed by atoms with E-state index in [9.17, 15) is 14.4 Å². The fourth-order valence-electron chi connectivity index (χ4n) is 2.82. The van der Waals surface area contributed by atoms with E-state index in [-0.39, 0.29) is 29.2 Å². The lowest BCUT2D eigenvalue weighted by Gasteiger charge is -2.12. The zero-order valence-corrected chi connectivity index (χ0v) is 16.7. The van der Waals surface area contributed by atoms with Crippen molar-refractivity contribution in [2.75, 3.05) is 14.2 Å². The van der Waals surface area contributed by atoms with Crippen molar-refractivity contribution in [2.45, 2.75) is 13.5 Å². The number of aromatic nitrogens is 2. The van der Waals surface area contributed by atoms with Crippen LogP contribution in [0.15, 0.2) is 53.3 Å². The minimum Gasteiger partial charge on any atom is -0.497 e. The van der Waals surface area contributed by atoms with Crippen LogP contribution in [0, 0.1) is 6.92 Å². The van der Waals surface area contributed by atoms with Gasteiger partial charge in [0.2, 0.25) is 0 Å². The number of hydrogen-bond acceptors (Lipinski definition) is 7. The Bertz CT molecular complexity index is 1140. The van der Waals surface area contributed by atoms with Crippen molar-refractivity contribution in [1.29, 1.82) is 0 Å². The Labute approximate surface area is 172 Å². The van der Waals surface area contributed by atoms with Crippen molar-refractivity contribution >= 4 is 12.3 Å². The van der Waals surface area contributed by atoms with Crippen LogP contribution in [-0.4, -0.2) is 36.3 Å². The molecule has 0 atom stereocenters. The lowest BCUT2D eigenvalue weighted by atomic mass is 10.1. The highest BCUT2D eigenvalue weighted by atomic mass is 16.5. The number of methoxy groups -OCH3 is 2. The molecule has 0 saturated heterocycles. The van der Waals surface area contributed by atoms with Crippen molar-refractivity contribution in [3.8, 4) is 17.2 Å². The van der Waals surface area contributed by atoms with E-state index in [4.69, 9.17) is 9.47 Å². The summed E-state index contributed by atoms with van der Waals surface area (Å²) < 4.78 is 16.8. The molecule has 8 heteroatoms. The average Bonchev–Trinajstić information content (AvgIpc) is 2.77. The van der Waals surface area contributed by atoms with Gasteiger partial charge in [-0.2, -0.15) is 5.10 Å².